The molecule has 0 bridgehead atoms. The summed E-state index contributed by atoms with van der Waals surface area (Å²) >= 11 is 1.01. The van der Waals surface area contributed by atoms with Crippen molar-refractivity contribution in [2.24, 2.45) is 5.92 Å². The average molecular weight is 529 g/mol. The zero-order valence-corrected chi connectivity index (χ0v) is 21.9. The first-order valence-electron chi connectivity index (χ1n) is 12.5. The van der Waals surface area contributed by atoms with Gasteiger partial charge in [-0.1, -0.05) is 36.4 Å². The number of rotatable bonds is 8. The number of nitrogens with zero attached hydrogens (tertiary/aromatic N) is 5. The second kappa shape index (κ2) is 11.3. The Hall–Kier alpha value is -2.44. The number of amides is 1. The Morgan fingerprint density at radius 1 is 0.917 bits per heavy atom. The molecule has 2 aromatic carbocycles. The zero-order chi connectivity index (χ0) is 25.0. The summed E-state index contributed by atoms with van der Waals surface area (Å²) in [6, 6.07) is 15.6. The van der Waals surface area contributed by atoms with Crippen LogP contribution in [0.2, 0.25) is 0 Å². The zero-order valence-electron chi connectivity index (χ0n) is 20.3. The van der Waals surface area contributed by atoms with E-state index < -0.39 is 10.0 Å². The van der Waals surface area contributed by atoms with Crippen molar-refractivity contribution < 1.29 is 13.2 Å². The summed E-state index contributed by atoms with van der Waals surface area (Å²) in [5.74, 6) is -0.128. The molecule has 1 N–H and O–H groups in total. The maximum atomic E-state index is 13.2. The van der Waals surface area contributed by atoms with Crippen molar-refractivity contribution in [2.45, 2.75) is 24.3 Å². The molecule has 0 atom stereocenters. The van der Waals surface area contributed by atoms with Gasteiger partial charge >= 0.3 is 0 Å². The molecule has 0 aliphatic carbocycles. The van der Waals surface area contributed by atoms with Gasteiger partial charge in [0.15, 0.2) is 0 Å². The van der Waals surface area contributed by atoms with Crippen LogP contribution in [0.25, 0.3) is 11.0 Å². The normalized spacial score (nSPS) is 19.0. The molecule has 0 saturated carbocycles. The third-order valence-electron chi connectivity index (χ3n) is 7.13. The highest BCUT2D eigenvalue weighted by atomic mass is 32.2. The van der Waals surface area contributed by atoms with Gasteiger partial charge in [-0.05, 0) is 30.5 Å². The van der Waals surface area contributed by atoms with Crippen molar-refractivity contribution in [3.63, 3.8) is 0 Å². The van der Waals surface area contributed by atoms with Crippen molar-refractivity contribution >= 4 is 38.7 Å². The van der Waals surface area contributed by atoms with Gasteiger partial charge in [-0.3, -0.25) is 14.6 Å². The van der Waals surface area contributed by atoms with Gasteiger partial charge in [0.25, 0.3) is 0 Å². The fourth-order valence-corrected chi connectivity index (χ4v) is 7.20. The van der Waals surface area contributed by atoms with Gasteiger partial charge in [-0.2, -0.15) is 13.1 Å². The molecule has 2 fully saturated rings. The molecule has 5 rings (SSSR count). The Bertz CT molecular complexity index is 1270. The van der Waals surface area contributed by atoms with Crippen LogP contribution < -0.4 is 5.32 Å². The summed E-state index contributed by atoms with van der Waals surface area (Å²) in [5.41, 5.74) is 2.35. The van der Waals surface area contributed by atoms with E-state index in [0.717, 1.165) is 51.0 Å². The highest BCUT2D eigenvalue weighted by molar-refractivity contribution is 7.89. The van der Waals surface area contributed by atoms with Crippen LogP contribution in [0.3, 0.4) is 0 Å². The molecule has 2 saturated heterocycles. The van der Waals surface area contributed by atoms with E-state index in [9.17, 15) is 13.2 Å². The first-order valence-corrected chi connectivity index (χ1v) is 14.7. The number of fused-ring (bicyclic) bond motifs is 1. The van der Waals surface area contributed by atoms with Crippen molar-refractivity contribution in [2.75, 3.05) is 52.4 Å². The van der Waals surface area contributed by atoms with E-state index in [0.29, 0.717) is 43.5 Å². The average Bonchev–Trinajstić information content (AvgIpc) is 3.39. The first-order chi connectivity index (χ1) is 17.5. The second-order valence-electron chi connectivity index (χ2n) is 9.46. The van der Waals surface area contributed by atoms with Gasteiger partial charge in [0, 0.05) is 64.8 Å². The quantitative estimate of drug-likeness (QED) is 0.478. The maximum Gasteiger partial charge on any atom is 0.245 e. The van der Waals surface area contributed by atoms with Gasteiger partial charge in [0.1, 0.15) is 15.9 Å². The number of carbonyl (C=O) groups is 1. The molecule has 11 heteroatoms. The van der Waals surface area contributed by atoms with E-state index in [4.69, 9.17) is 0 Å². The van der Waals surface area contributed by atoms with Crippen molar-refractivity contribution in [1.29, 1.82) is 0 Å². The minimum absolute atomic E-state index is 0.0283. The molecular weight excluding hydrogens is 496 g/mol. The Kier molecular flexibility index (Phi) is 7.92. The molecule has 0 spiro atoms. The Morgan fingerprint density at radius 3 is 2.39 bits per heavy atom. The number of aromatic nitrogens is 2. The van der Waals surface area contributed by atoms with Gasteiger partial charge in [0.05, 0.1) is 11.7 Å². The van der Waals surface area contributed by atoms with Crippen LogP contribution in [0, 0.1) is 5.92 Å². The van der Waals surface area contributed by atoms with E-state index in [1.165, 1.54) is 9.87 Å². The molecule has 0 radical (unpaired) electrons. The number of piperazine rings is 1. The van der Waals surface area contributed by atoms with Crippen molar-refractivity contribution in [1.82, 2.24) is 28.2 Å². The topological polar surface area (TPSA) is 98.7 Å². The summed E-state index contributed by atoms with van der Waals surface area (Å²) in [5, 5.41) is 3.08. The van der Waals surface area contributed by atoms with Crippen molar-refractivity contribution in [3.8, 4) is 0 Å². The van der Waals surface area contributed by atoms with E-state index in [2.05, 4.69) is 48.1 Å². The highest BCUT2D eigenvalue weighted by Crippen LogP contribution is 2.28. The molecule has 192 valence electrons. The molecule has 2 aliphatic rings. The number of sulfonamides is 1. The van der Waals surface area contributed by atoms with Gasteiger partial charge < -0.3 is 5.32 Å². The summed E-state index contributed by atoms with van der Waals surface area (Å²) in [6.45, 7) is 7.16. The monoisotopic (exact) mass is 528 g/mol. The Labute approximate surface area is 216 Å². The van der Waals surface area contributed by atoms with Crippen LogP contribution in [0.1, 0.15) is 18.4 Å². The third kappa shape index (κ3) is 5.76. The van der Waals surface area contributed by atoms with E-state index in [1.807, 2.05) is 6.07 Å². The van der Waals surface area contributed by atoms with Crippen LogP contribution in [-0.2, 0) is 21.4 Å². The summed E-state index contributed by atoms with van der Waals surface area (Å²) in [7, 11) is -3.67. The molecule has 2 aliphatic heterocycles. The first kappa shape index (κ1) is 25.2. The number of hydrogen-bond donors (Lipinski definition) is 1. The molecule has 1 aromatic heterocycles. The molecule has 3 aromatic rings. The Balaban J connectivity index is 1.04. The van der Waals surface area contributed by atoms with Crippen LogP contribution in [0.4, 0.5) is 0 Å². The third-order valence-corrected chi connectivity index (χ3v) is 9.61. The number of benzene rings is 2. The highest BCUT2D eigenvalue weighted by Gasteiger charge is 2.33. The van der Waals surface area contributed by atoms with E-state index in [1.54, 1.807) is 18.2 Å². The number of carbonyl (C=O) groups excluding carboxylic acids is 1. The molecule has 0 unspecified atom stereocenters. The van der Waals surface area contributed by atoms with Gasteiger partial charge in [-0.15, -0.1) is 0 Å². The predicted molar refractivity (Wildman–Crippen MR) is 140 cm³/mol. The maximum absolute atomic E-state index is 13.2. The smallest absolute Gasteiger partial charge is 0.245 e. The lowest BCUT2D eigenvalue weighted by atomic mass is 9.97. The summed E-state index contributed by atoms with van der Waals surface area (Å²) in [4.78, 5) is 17.8. The largest absolute Gasteiger partial charge is 0.355 e. The van der Waals surface area contributed by atoms with Crippen LogP contribution in [-0.4, -0.2) is 89.5 Å². The molecule has 9 nitrogen and oxygen atoms in total. The molecule has 36 heavy (non-hydrogen) atoms. The van der Waals surface area contributed by atoms with Gasteiger partial charge in [0.2, 0.25) is 15.9 Å². The summed E-state index contributed by atoms with van der Waals surface area (Å²) in [6.07, 6.45) is 1.04. The van der Waals surface area contributed by atoms with E-state index in [-0.39, 0.29) is 16.7 Å². The standard InChI is InChI=1S/C25H32N6O3S2/c32-25(26-11-14-29-15-17-30(18-16-29)19-20-5-2-1-3-6-20)21-9-12-31(13-10-21)36(33,34)23-8-4-7-22-24(23)28-35-27-22/h1-8,21H,9-19H2,(H,26,32). The Morgan fingerprint density at radius 2 is 1.64 bits per heavy atom. The number of piperidine rings is 1. The minimum Gasteiger partial charge on any atom is -0.355 e. The van der Waals surface area contributed by atoms with Crippen LogP contribution in [0.15, 0.2) is 53.4 Å². The predicted octanol–water partition coefficient (Wildman–Crippen LogP) is 2.03. The minimum atomic E-state index is -3.67. The molecular formula is C25H32N6O3S2. The van der Waals surface area contributed by atoms with Crippen LogP contribution in [0.5, 0.6) is 0 Å². The lowest BCUT2D eigenvalue weighted by molar-refractivity contribution is -0.126. The lowest BCUT2D eigenvalue weighted by Gasteiger charge is -2.35. The fraction of sp³-hybridized carbons (Fsp3) is 0.480. The molecule has 1 amide bonds. The second-order valence-corrected chi connectivity index (χ2v) is 11.9. The van der Waals surface area contributed by atoms with Crippen LogP contribution >= 0.6 is 11.7 Å². The van der Waals surface area contributed by atoms with E-state index >= 15 is 0 Å². The molecule has 3 heterocycles. The SMILES string of the molecule is O=C(NCCN1CCN(Cc2ccccc2)CC1)C1CCN(S(=O)(=O)c2cccc3nsnc23)CC1. The fourth-order valence-electron chi connectivity index (χ4n) is 4.98. The number of hydrogen-bond acceptors (Lipinski definition) is 8. The van der Waals surface area contributed by atoms with Crippen molar-refractivity contribution in [3.05, 3.63) is 54.1 Å². The van der Waals surface area contributed by atoms with Gasteiger partial charge in [-0.25, -0.2) is 8.42 Å². The summed E-state index contributed by atoms with van der Waals surface area (Å²) < 4.78 is 36.2. The number of nitrogens with one attached hydrogen (secondary N) is 1. The lowest BCUT2D eigenvalue weighted by Crippen LogP contribution is -2.48.